The van der Waals surface area contributed by atoms with Crippen LogP contribution in [0.15, 0.2) is 101 Å². The number of nitrogens with one attached hydrogen (secondary N) is 1. The molecule has 5 rings (SSSR count). The van der Waals surface area contributed by atoms with Gasteiger partial charge in [-0.05, 0) is 47.4 Å². The molecule has 2 aromatic heterocycles. The maximum Gasteiger partial charge on any atom is 0.307 e. The van der Waals surface area contributed by atoms with Gasteiger partial charge in [-0.3, -0.25) is 9.59 Å². The molecule has 0 unspecified atom stereocenters. The Labute approximate surface area is 230 Å². The molecule has 0 bridgehead atoms. The van der Waals surface area contributed by atoms with Crippen LogP contribution in [0.3, 0.4) is 0 Å². The van der Waals surface area contributed by atoms with Crippen LogP contribution in [0.2, 0.25) is 0 Å². The minimum atomic E-state index is -0.679. The molecule has 8 nitrogen and oxygen atoms in total. The Balaban J connectivity index is 1.52. The number of hydrogen-bond donors (Lipinski definition) is 1. The van der Waals surface area contributed by atoms with Gasteiger partial charge in [0, 0.05) is 24.4 Å². The van der Waals surface area contributed by atoms with Gasteiger partial charge in [-0.1, -0.05) is 57.2 Å². The van der Waals surface area contributed by atoms with Crippen LogP contribution in [0.5, 0.6) is 0 Å². The van der Waals surface area contributed by atoms with Crippen molar-refractivity contribution < 1.29 is 13.6 Å². The molecule has 0 saturated carbocycles. The van der Waals surface area contributed by atoms with E-state index in [9.17, 15) is 9.59 Å². The first kappa shape index (κ1) is 26.6. The number of rotatable bonds is 6. The van der Waals surface area contributed by atoms with Crippen molar-refractivity contribution in [3.8, 4) is 11.3 Å². The molecule has 0 aliphatic carbocycles. The maximum atomic E-state index is 15.8. The summed E-state index contributed by atoms with van der Waals surface area (Å²) in [4.78, 5) is 36.4. The van der Waals surface area contributed by atoms with E-state index in [1.807, 2.05) is 30.3 Å². The van der Waals surface area contributed by atoms with E-state index in [0.717, 1.165) is 5.56 Å². The molecule has 0 fully saturated rings. The summed E-state index contributed by atoms with van der Waals surface area (Å²) in [7, 11) is 1.56. The van der Waals surface area contributed by atoms with E-state index in [1.165, 1.54) is 40.3 Å². The molecule has 1 amide bonds. The number of halogens is 1. The van der Waals surface area contributed by atoms with Crippen LogP contribution in [-0.4, -0.2) is 20.4 Å². The summed E-state index contributed by atoms with van der Waals surface area (Å²) in [6.45, 7) is 6.27. The predicted octanol–water partition coefficient (Wildman–Crippen LogP) is 6.59. The second kappa shape index (κ2) is 10.6. The zero-order chi connectivity index (χ0) is 28.4. The molecular weight excluding hydrogens is 509 g/mol. The summed E-state index contributed by atoms with van der Waals surface area (Å²) < 4.78 is 22.7. The van der Waals surface area contributed by atoms with Crippen molar-refractivity contribution in [3.63, 3.8) is 0 Å². The lowest BCUT2D eigenvalue weighted by Crippen LogP contribution is -2.27. The van der Waals surface area contributed by atoms with Crippen LogP contribution in [-0.2, 0) is 12.5 Å². The van der Waals surface area contributed by atoms with E-state index in [1.54, 1.807) is 37.4 Å². The van der Waals surface area contributed by atoms with Crippen molar-refractivity contribution in [1.29, 1.82) is 0 Å². The minimum Gasteiger partial charge on any atom is -0.432 e. The number of anilines is 4. The quantitative estimate of drug-likeness (QED) is 0.263. The van der Waals surface area contributed by atoms with Crippen LogP contribution >= 0.6 is 0 Å². The smallest absolute Gasteiger partial charge is 0.307 e. The monoisotopic (exact) mass is 537 g/mol. The van der Waals surface area contributed by atoms with Crippen molar-refractivity contribution >= 4 is 29.1 Å². The third-order valence-corrected chi connectivity index (χ3v) is 6.43. The first-order chi connectivity index (χ1) is 19.1. The number of aromatic nitrogens is 3. The zero-order valence-corrected chi connectivity index (χ0v) is 22.6. The first-order valence-electron chi connectivity index (χ1n) is 12.7. The highest BCUT2D eigenvalue weighted by Gasteiger charge is 2.24. The average molecular weight is 538 g/mol. The van der Waals surface area contributed by atoms with Gasteiger partial charge in [-0.15, -0.1) is 0 Å². The number of oxazole rings is 1. The Morgan fingerprint density at radius 2 is 1.73 bits per heavy atom. The van der Waals surface area contributed by atoms with Crippen molar-refractivity contribution in [2.24, 2.45) is 7.05 Å². The van der Waals surface area contributed by atoms with Crippen LogP contribution < -0.4 is 15.8 Å². The van der Waals surface area contributed by atoms with Crippen molar-refractivity contribution in [2.45, 2.75) is 26.2 Å². The molecule has 40 heavy (non-hydrogen) atoms. The van der Waals surface area contributed by atoms with E-state index < -0.39 is 17.3 Å². The summed E-state index contributed by atoms with van der Waals surface area (Å²) in [5, 5.41) is 2.66. The largest absolute Gasteiger partial charge is 0.432 e. The summed E-state index contributed by atoms with van der Waals surface area (Å²) in [6.07, 6.45) is 4.30. The number of aryl methyl sites for hydroxylation is 1. The number of hydrogen-bond acceptors (Lipinski definition) is 6. The highest BCUT2D eigenvalue weighted by Crippen LogP contribution is 2.32. The molecule has 0 aliphatic rings. The van der Waals surface area contributed by atoms with Crippen LogP contribution in [0.25, 0.3) is 11.3 Å². The van der Waals surface area contributed by atoms with Gasteiger partial charge in [0.2, 0.25) is 5.82 Å². The van der Waals surface area contributed by atoms with E-state index in [0.29, 0.717) is 11.3 Å². The van der Waals surface area contributed by atoms with Crippen LogP contribution in [0.4, 0.5) is 27.6 Å². The normalized spacial score (nSPS) is 11.3. The second-order valence-electron chi connectivity index (χ2n) is 10.3. The maximum absolute atomic E-state index is 15.8. The van der Waals surface area contributed by atoms with E-state index >= 15 is 4.39 Å². The fourth-order valence-electron chi connectivity index (χ4n) is 4.24. The molecule has 1 N–H and O–H groups in total. The second-order valence-corrected chi connectivity index (χ2v) is 10.3. The average Bonchev–Trinajstić information content (AvgIpc) is 3.47. The van der Waals surface area contributed by atoms with Gasteiger partial charge in [-0.25, -0.2) is 19.3 Å². The predicted molar refractivity (Wildman–Crippen MR) is 153 cm³/mol. The van der Waals surface area contributed by atoms with Gasteiger partial charge in [0.15, 0.2) is 5.82 Å². The fourth-order valence-corrected chi connectivity index (χ4v) is 4.24. The van der Waals surface area contributed by atoms with Crippen LogP contribution in [0, 0.1) is 5.82 Å². The molecule has 9 heteroatoms. The van der Waals surface area contributed by atoms with Gasteiger partial charge >= 0.3 is 6.01 Å². The SMILES string of the molecule is Cn1cc(-c2cccc(NC(=O)c3ccc(C(C)(C)C)cc3)c2F)nc(N(c2ccccc2)c2ncco2)c1=O. The van der Waals surface area contributed by atoms with E-state index in [-0.39, 0.29) is 34.2 Å². The Kier molecular flexibility index (Phi) is 7.04. The van der Waals surface area contributed by atoms with E-state index in [4.69, 9.17) is 4.42 Å². The molecule has 0 saturated heterocycles. The molecule has 0 aliphatic heterocycles. The summed E-state index contributed by atoms with van der Waals surface area (Å²) in [5.41, 5.74) is 1.88. The van der Waals surface area contributed by atoms with Crippen molar-refractivity contribution in [3.05, 3.63) is 119 Å². The molecule has 3 aromatic carbocycles. The summed E-state index contributed by atoms with van der Waals surface area (Å²) >= 11 is 0. The van der Waals surface area contributed by atoms with Gasteiger partial charge in [0.05, 0.1) is 23.3 Å². The van der Waals surface area contributed by atoms with Gasteiger partial charge in [-0.2, -0.15) is 0 Å². The number of carbonyl (C=O) groups is 1. The Morgan fingerprint density at radius 1 is 1.00 bits per heavy atom. The van der Waals surface area contributed by atoms with Gasteiger partial charge < -0.3 is 14.3 Å². The Hall–Kier alpha value is -5.05. The lowest BCUT2D eigenvalue weighted by atomic mass is 9.87. The highest BCUT2D eigenvalue weighted by atomic mass is 19.1. The topological polar surface area (TPSA) is 93.3 Å². The van der Waals surface area contributed by atoms with Gasteiger partial charge in [0.1, 0.15) is 6.26 Å². The third-order valence-electron chi connectivity index (χ3n) is 6.43. The highest BCUT2D eigenvalue weighted by molar-refractivity contribution is 6.04. The number of benzene rings is 3. The van der Waals surface area contributed by atoms with Gasteiger partial charge in [0.25, 0.3) is 11.5 Å². The van der Waals surface area contributed by atoms with Crippen molar-refractivity contribution in [1.82, 2.24) is 14.5 Å². The third kappa shape index (κ3) is 5.26. The number of nitrogens with zero attached hydrogens (tertiary/aromatic N) is 4. The molecule has 0 atom stereocenters. The zero-order valence-electron chi connectivity index (χ0n) is 22.6. The Bertz CT molecular complexity index is 1710. The van der Waals surface area contributed by atoms with E-state index in [2.05, 4.69) is 36.1 Å². The number of amides is 1. The molecular formula is C31H28FN5O3. The van der Waals surface area contributed by atoms with Crippen LogP contribution in [0.1, 0.15) is 36.7 Å². The fraction of sp³-hybridized carbons (Fsp3) is 0.161. The standard InChI is InChI=1S/C31H28FN5O3/c1-31(2,3)21-15-13-20(14-16-21)28(38)35-24-12-8-11-23(26(24)32)25-19-36(4)29(39)27(34-25)37(30-33-17-18-40-30)22-9-6-5-7-10-22/h5-19H,1-4H3,(H,35,38). The lowest BCUT2D eigenvalue weighted by molar-refractivity contribution is 0.102. The number of para-hydroxylation sites is 1. The lowest BCUT2D eigenvalue weighted by Gasteiger charge is -2.20. The number of carbonyl (C=O) groups excluding carboxylic acids is 1. The summed E-state index contributed by atoms with van der Waals surface area (Å²) in [5.74, 6) is -1.15. The summed E-state index contributed by atoms with van der Waals surface area (Å²) in [6, 6.07) is 21.0. The minimum absolute atomic E-state index is 0.00721. The molecule has 0 spiro atoms. The molecule has 2 heterocycles. The molecule has 5 aromatic rings. The molecule has 202 valence electrons. The Morgan fingerprint density at radius 3 is 2.38 bits per heavy atom. The molecule has 0 radical (unpaired) electrons. The van der Waals surface area contributed by atoms with Crippen molar-refractivity contribution in [2.75, 3.05) is 10.2 Å². The first-order valence-corrected chi connectivity index (χ1v) is 12.7.